The lowest BCUT2D eigenvalue weighted by molar-refractivity contribution is 1.24. The molecule has 0 N–H and O–H groups in total. The van der Waals surface area contributed by atoms with Crippen molar-refractivity contribution >= 4 is 14.8 Å². The highest BCUT2D eigenvalue weighted by Gasteiger charge is 1.74. The highest BCUT2D eigenvalue weighted by atomic mass is 31.0. The van der Waals surface area contributed by atoms with Crippen LogP contribution in [0.15, 0.2) is 18.5 Å². The van der Waals surface area contributed by atoms with Gasteiger partial charge in [0.15, 0.2) is 0 Å². The number of rotatable bonds is 0. The first-order valence-electron chi connectivity index (χ1n) is 1.92. The Morgan fingerprint density at radius 1 is 1.29 bits per heavy atom. The summed E-state index contributed by atoms with van der Waals surface area (Å²) in [4.78, 5) is 7.66. The van der Waals surface area contributed by atoms with E-state index in [0.717, 1.165) is 5.57 Å². The van der Waals surface area contributed by atoms with Crippen LogP contribution in [0.25, 0.3) is 0 Å². The van der Waals surface area contributed by atoms with Crippen molar-refractivity contribution in [2.24, 2.45) is 0 Å². The molecule has 0 aliphatic heterocycles. The van der Waals surface area contributed by atoms with Crippen molar-refractivity contribution in [2.75, 3.05) is 0 Å². The Morgan fingerprint density at radius 2 is 1.86 bits per heavy atom. The fourth-order valence-corrected chi connectivity index (χ4v) is 0.483. The van der Waals surface area contributed by atoms with Gasteiger partial charge in [0.25, 0.3) is 0 Å². The second kappa shape index (κ2) is 1.99. The molecule has 36 valence electrons. The fraction of sp³-hybridized carbons (Fsp3) is 0. The highest BCUT2D eigenvalue weighted by Crippen LogP contribution is 1.74. The van der Waals surface area contributed by atoms with Crippen LogP contribution in [-0.2, 0) is 0 Å². The zero-order valence-corrected chi connectivity index (χ0v) is 4.86. The summed E-state index contributed by atoms with van der Waals surface area (Å²) in [5, 5.41) is 0. The van der Waals surface area contributed by atoms with E-state index in [1.54, 1.807) is 18.5 Å². The summed E-state index contributed by atoms with van der Waals surface area (Å²) < 4.78 is 0. The van der Waals surface area contributed by atoms with Gasteiger partial charge in [-0.15, -0.1) is 0 Å². The predicted molar refractivity (Wildman–Crippen MR) is 31.4 cm³/mol. The summed E-state index contributed by atoms with van der Waals surface area (Å²) >= 11 is 0. The Balaban J connectivity index is 3.02. The van der Waals surface area contributed by atoms with Crippen LogP contribution in [0.1, 0.15) is 0 Å². The molecular weight excluding hydrogens is 107 g/mol. The first-order chi connectivity index (χ1) is 3.39. The fourth-order valence-electron chi connectivity index (χ4n) is 0.311. The minimum atomic E-state index is 0.738. The summed E-state index contributed by atoms with van der Waals surface area (Å²) in [6.07, 6.45) is 3.41. The monoisotopic (exact) mass is 112 g/mol. The predicted octanol–water partition coefficient (Wildman–Crippen LogP) is -0.0230. The third kappa shape index (κ3) is 1.20. The molecule has 1 aromatic rings. The van der Waals surface area contributed by atoms with Crippen LogP contribution in [0, 0.1) is 0 Å². The van der Waals surface area contributed by atoms with Gasteiger partial charge in [-0.2, -0.15) is 0 Å². The van der Waals surface area contributed by atoms with Crippen molar-refractivity contribution in [3.63, 3.8) is 0 Å². The van der Waals surface area contributed by atoms with Crippen LogP contribution in [-0.4, -0.2) is 9.97 Å². The molecule has 0 aliphatic carbocycles. The van der Waals surface area contributed by atoms with Crippen molar-refractivity contribution in [2.45, 2.75) is 0 Å². The summed E-state index contributed by atoms with van der Waals surface area (Å²) in [5.74, 6) is 0. The summed E-state index contributed by atoms with van der Waals surface area (Å²) in [5.41, 5.74) is 0.738. The van der Waals surface area contributed by atoms with E-state index in [4.69, 9.17) is 0 Å². The molecule has 0 bridgehead atoms. The van der Waals surface area contributed by atoms with Gasteiger partial charge in [-0.25, -0.2) is 9.97 Å². The Kier molecular flexibility index (Phi) is 1.32. The largest absolute Gasteiger partial charge is 0.238 e. The lowest BCUT2D eigenvalue weighted by atomic mass is 10.7. The van der Waals surface area contributed by atoms with Gasteiger partial charge >= 0.3 is 0 Å². The summed E-state index contributed by atoms with van der Waals surface area (Å²) in [6.45, 7) is 0. The Hall–Kier alpha value is -0.490. The standard InChI is InChI=1S/C4H5N2P/c7-4-5-2-1-3-6-4/h1-3H,7H2. The molecule has 0 saturated carbocycles. The number of nitrogens with zero attached hydrogens (tertiary/aromatic N) is 2. The van der Waals surface area contributed by atoms with Crippen LogP contribution in [0.3, 0.4) is 0 Å². The lowest BCUT2D eigenvalue weighted by Crippen LogP contribution is -1.98. The molecule has 0 radical (unpaired) electrons. The van der Waals surface area contributed by atoms with Crippen molar-refractivity contribution in [1.82, 2.24) is 9.97 Å². The van der Waals surface area contributed by atoms with Crippen molar-refractivity contribution in [3.05, 3.63) is 18.5 Å². The third-order valence-electron chi connectivity index (χ3n) is 0.586. The minimum Gasteiger partial charge on any atom is -0.238 e. The second-order valence-corrected chi connectivity index (χ2v) is 1.62. The van der Waals surface area contributed by atoms with E-state index in [9.17, 15) is 0 Å². The van der Waals surface area contributed by atoms with Gasteiger partial charge in [0, 0.05) is 12.4 Å². The molecule has 1 rings (SSSR count). The number of hydrogen-bond donors (Lipinski definition) is 0. The van der Waals surface area contributed by atoms with Gasteiger partial charge in [0.05, 0.1) is 0 Å². The molecule has 1 atom stereocenters. The quantitative estimate of drug-likeness (QED) is 0.441. The average Bonchev–Trinajstić information content (AvgIpc) is 1.69. The third-order valence-corrected chi connectivity index (χ3v) is 0.884. The molecule has 0 amide bonds. The molecule has 1 unspecified atom stereocenters. The highest BCUT2D eigenvalue weighted by molar-refractivity contribution is 7.26. The van der Waals surface area contributed by atoms with Gasteiger partial charge in [0.1, 0.15) is 5.57 Å². The first-order valence-corrected chi connectivity index (χ1v) is 2.50. The first kappa shape index (κ1) is 4.66. The zero-order chi connectivity index (χ0) is 5.11. The van der Waals surface area contributed by atoms with Crippen molar-refractivity contribution in [3.8, 4) is 0 Å². The Labute approximate surface area is 44.2 Å². The normalized spacial score (nSPS) is 8.71. The maximum atomic E-state index is 3.83. The van der Waals surface area contributed by atoms with E-state index >= 15 is 0 Å². The molecular formula is C4H5N2P. The number of hydrogen-bond acceptors (Lipinski definition) is 2. The molecule has 0 aliphatic rings. The molecule has 1 aromatic heterocycles. The van der Waals surface area contributed by atoms with Crippen LogP contribution in [0.5, 0.6) is 0 Å². The van der Waals surface area contributed by atoms with Crippen LogP contribution >= 0.6 is 9.24 Å². The van der Waals surface area contributed by atoms with E-state index in [1.807, 2.05) is 0 Å². The molecule has 0 aromatic carbocycles. The van der Waals surface area contributed by atoms with Gasteiger partial charge in [0.2, 0.25) is 0 Å². The van der Waals surface area contributed by atoms with Gasteiger partial charge < -0.3 is 0 Å². The maximum absolute atomic E-state index is 3.83. The Bertz CT molecular complexity index is 140. The average molecular weight is 112 g/mol. The molecule has 2 nitrogen and oxygen atoms in total. The van der Waals surface area contributed by atoms with Gasteiger partial charge in [-0.3, -0.25) is 0 Å². The summed E-state index contributed by atoms with van der Waals surface area (Å²) in [6, 6.07) is 1.79. The SMILES string of the molecule is Pc1ncccn1. The van der Waals surface area contributed by atoms with Crippen LogP contribution < -0.4 is 5.57 Å². The smallest absolute Gasteiger partial charge is 0.144 e. The Morgan fingerprint density at radius 3 is 2.14 bits per heavy atom. The van der Waals surface area contributed by atoms with Crippen molar-refractivity contribution in [1.29, 1.82) is 0 Å². The molecule has 7 heavy (non-hydrogen) atoms. The number of aromatic nitrogens is 2. The minimum absolute atomic E-state index is 0.738. The van der Waals surface area contributed by atoms with Gasteiger partial charge in [-0.1, -0.05) is 9.24 Å². The molecule has 0 spiro atoms. The molecule has 1 heterocycles. The zero-order valence-electron chi connectivity index (χ0n) is 3.70. The molecule has 3 heteroatoms. The maximum Gasteiger partial charge on any atom is 0.144 e. The van der Waals surface area contributed by atoms with Crippen LogP contribution in [0.2, 0.25) is 0 Å². The molecule has 0 fully saturated rings. The van der Waals surface area contributed by atoms with E-state index in [0.29, 0.717) is 0 Å². The van der Waals surface area contributed by atoms with Crippen LogP contribution in [0.4, 0.5) is 0 Å². The van der Waals surface area contributed by atoms with Gasteiger partial charge in [-0.05, 0) is 6.07 Å². The van der Waals surface area contributed by atoms with Crippen molar-refractivity contribution < 1.29 is 0 Å². The topological polar surface area (TPSA) is 25.8 Å². The summed E-state index contributed by atoms with van der Waals surface area (Å²) in [7, 11) is 2.41. The van der Waals surface area contributed by atoms with E-state index < -0.39 is 0 Å². The van der Waals surface area contributed by atoms with E-state index in [2.05, 4.69) is 19.2 Å². The molecule has 0 saturated heterocycles. The second-order valence-electron chi connectivity index (χ2n) is 1.11. The van der Waals surface area contributed by atoms with E-state index in [1.165, 1.54) is 0 Å². The van der Waals surface area contributed by atoms with E-state index in [-0.39, 0.29) is 0 Å². The lowest BCUT2D eigenvalue weighted by Gasteiger charge is -1.81.